The van der Waals surface area contributed by atoms with Crippen LogP contribution in [0.2, 0.25) is 0 Å². The van der Waals surface area contributed by atoms with Crippen LogP contribution in [0.15, 0.2) is 29.4 Å². The summed E-state index contributed by atoms with van der Waals surface area (Å²) >= 11 is 0. The lowest BCUT2D eigenvalue weighted by molar-refractivity contribution is 0.0922. The second kappa shape index (κ2) is 12.4. The zero-order valence-electron chi connectivity index (χ0n) is 17.8. The Labute approximate surface area is 169 Å². The third-order valence-electron chi connectivity index (χ3n) is 5.17. The van der Waals surface area contributed by atoms with Gasteiger partial charge in [-0.1, -0.05) is 17.3 Å². The first kappa shape index (κ1) is 22.3. The van der Waals surface area contributed by atoms with Crippen LogP contribution in [0.3, 0.4) is 0 Å². The van der Waals surface area contributed by atoms with Crippen molar-refractivity contribution in [2.24, 2.45) is 17.0 Å². The van der Waals surface area contributed by atoms with Gasteiger partial charge in [-0.05, 0) is 81.5 Å². The molecule has 0 spiro atoms. The van der Waals surface area contributed by atoms with Crippen molar-refractivity contribution in [2.75, 3.05) is 33.5 Å². The first-order valence-electron chi connectivity index (χ1n) is 10.2. The highest BCUT2D eigenvalue weighted by atomic mass is 16.6. The molecule has 0 aromatic heterocycles. The van der Waals surface area contributed by atoms with E-state index in [1.54, 1.807) is 6.21 Å². The van der Waals surface area contributed by atoms with E-state index in [2.05, 4.69) is 36.0 Å². The summed E-state index contributed by atoms with van der Waals surface area (Å²) in [6, 6.07) is 4.12. The molecule has 5 heteroatoms. The van der Waals surface area contributed by atoms with E-state index in [0.717, 1.165) is 35.8 Å². The van der Waals surface area contributed by atoms with E-state index in [4.69, 9.17) is 14.2 Å². The molecular formula is C23H35NO4. The third-order valence-corrected chi connectivity index (χ3v) is 5.17. The van der Waals surface area contributed by atoms with E-state index in [1.807, 2.05) is 19.1 Å². The maximum absolute atomic E-state index is 6.22. The average Bonchev–Trinajstić information content (AvgIpc) is 2.68. The van der Waals surface area contributed by atoms with Crippen molar-refractivity contribution >= 4 is 6.21 Å². The van der Waals surface area contributed by atoms with Gasteiger partial charge in [0, 0.05) is 6.61 Å². The van der Waals surface area contributed by atoms with Gasteiger partial charge < -0.3 is 19.0 Å². The van der Waals surface area contributed by atoms with Crippen LogP contribution < -0.4 is 9.47 Å². The van der Waals surface area contributed by atoms with E-state index in [-0.39, 0.29) is 0 Å². The van der Waals surface area contributed by atoms with Gasteiger partial charge in [0.25, 0.3) is 0 Å². The van der Waals surface area contributed by atoms with E-state index < -0.39 is 0 Å². The van der Waals surface area contributed by atoms with E-state index in [9.17, 15) is 0 Å². The molecule has 0 aliphatic heterocycles. The lowest BCUT2D eigenvalue weighted by Crippen LogP contribution is -2.23. The molecule has 28 heavy (non-hydrogen) atoms. The van der Waals surface area contributed by atoms with Crippen molar-refractivity contribution < 1.29 is 19.0 Å². The Kier molecular flexibility index (Phi) is 9.91. The molecule has 1 fully saturated rings. The molecule has 1 aliphatic carbocycles. The van der Waals surface area contributed by atoms with Crippen LogP contribution in [0.1, 0.15) is 43.7 Å². The summed E-state index contributed by atoms with van der Waals surface area (Å²) in [6.45, 7) is 8.88. The van der Waals surface area contributed by atoms with Crippen molar-refractivity contribution in [1.29, 1.82) is 0 Å². The van der Waals surface area contributed by atoms with Crippen molar-refractivity contribution in [3.05, 3.63) is 35.4 Å². The molecule has 1 aromatic carbocycles. The Morgan fingerprint density at radius 1 is 0.964 bits per heavy atom. The number of rotatable bonds is 11. The number of oxime groups is 1. The minimum atomic E-state index is 0.518. The fourth-order valence-corrected chi connectivity index (χ4v) is 3.62. The largest absolute Gasteiger partial charge is 0.493 e. The zero-order valence-corrected chi connectivity index (χ0v) is 17.8. The van der Waals surface area contributed by atoms with Gasteiger partial charge in [-0.15, -0.1) is 0 Å². The molecule has 0 radical (unpaired) electrons. The highest BCUT2D eigenvalue weighted by molar-refractivity contribution is 5.57. The van der Waals surface area contributed by atoms with Crippen molar-refractivity contribution in [2.45, 2.75) is 46.5 Å². The van der Waals surface area contributed by atoms with Crippen molar-refractivity contribution in [3.8, 4) is 11.5 Å². The fourth-order valence-electron chi connectivity index (χ4n) is 3.62. The Morgan fingerprint density at radius 2 is 1.61 bits per heavy atom. The number of nitrogens with zero attached hydrogens (tertiary/aromatic N) is 1. The molecule has 156 valence electrons. The Morgan fingerprint density at radius 3 is 2.21 bits per heavy atom. The molecule has 5 nitrogen and oxygen atoms in total. The molecule has 0 bridgehead atoms. The van der Waals surface area contributed by atoms with Gasteiger partial charge in [0.1, 0.15) is 25.2 Å². The minimum Gasteiger partial charge on any atom is -0.493 e. The van der Waals surface area contributed by atoms with Crippen LogP contribution in [0.25, 0.3) is 0 Å². The molecule has 1 saturated carbocycles. The molecule has 0 unspecified atom stereocenters. The zero-order chi connectivity index (χ0) is 20.2. The Bertz CT molecular complexity index is 610. The molecule has 0 atom stereocenters. The van der Waals surface area contributed by atoms with E-state index in [1.165, 1.54) is 32.8 Å². The van der Waals surface area contributed by atoms with Crippen LogP contribution in [0, 0.1) is 25.7 Å². The predicted molar refractivity (Wildman–Crippen MR) is 113 cm³/mol. The summed E-state index contributed by atoms with van der Waals surface area (Å²) in [5, 5.41) is 3.68. The Hall–Kier alpha value is -2.01. The van der Waals surface area contributed by atoms with Crippen LogP contribution in [-0.4, -0.2) is 39.8 Å². The topological polar surface area (TPSA) is 49.3 Å². The van der Waals surface area contributed by atoms with Gasteiger partial charge in [0.05, 0.1) is 19.4 Å². The molecule has 1 aromatic rings. The highest BCUT2D eigenvalue weighted by Gasteiger charge is 2.22. The van der Waals surface area contributed by atoms with Crippen molar-refractivity contribution in [1.82, 2.24) is 0 Å². The smallest absolute Gasteiger partial charge is 0.125 e. The summed E-state index contributed by atoms with van der Waals surface area (Å²) in [6.07, 6.45) is 10.4. The molecule has 0 amide bonds. The average molecular weight is 390 g/mol. The number of ether oxygens (including phenoxy) is 3. The normalized spacial score (nSPS) is 20.0. The van der Waals surface area contributed by atoms with Crippen LogP contribution >= 0.6 is 0 Å². The van der Waals surface area contributed by atoms with Crippen LogP contribution in [0.5, 0.6) is 11.5 Å². The molecule has 1 aliphatic rings. The molecule has 0 saturated heterocycles. The number of allylic oxidation sites excluding steroid dienone is 1. The molecule has 0 N–H and O–H groups in total. The minimum absolute atomic E-state index is 0.518. The maximum Gasteiger partial charge on any atom is 0.125 e. The second-order valence-corrected chi connectivity index (χ2v) is 7.47. The number of aryl methyl sites for hydroxylation is 2. The van der Waals surface area contributed by atoms with Gasteiger partial charge in [-0.3, -0.25) is 0 Å². The van der Waals surface area contributed by atoms with Gasteiger partial charge in [0.2, 0.25) is 0 Å². The van der Waals surface area contributed by atoms with Gasteiger partial charge in [-0.25, -0.2) is 0 Å². The molecular weight excluding hydrogens is 354 g/mol. The SMILES string of the molecule is C/C=C/COc1cc(C)c(OCC2CCC(COCC=NOC)CC2)c(C)c1. The lowest BCUT2D eigenvalue weighted by Gasteiger charge is -2.28. The quantitative estimate of drug-likeness (QED) is 0.229. The molecule has 0 heterocycles. The van der Waals surface area contributed by atoms with Crippen molar-refractivity contribution in [3.63, 3.8) is 0 Å². The summed E-state index contributed by atoms with van der Waals surface area (Å²) < 4.78 is 17.6. The summed E-state index contributed by atoms with van der Waals surface area (Å²) in [7, 11) is 1.54. The standard InChI is InChI=1S/C23H35NO4/c1-5-6-12-27-22-14-18(2)23(19(3)15-22)28-17-21-9-7-20(8-10-21)16-26-13-11-24-25-4/h5-6,11,14-15,20-21H,7-10,12-13,16-17H2,1-4H3/b6-5+,24-11?. The monoisotopic (exact) mass is 389 g/mol. The van der Waals surface area contributed by atoms with Gasteiger partial charge in [0.15, 0.2) is 0 Å². The number of hydrogen-bond acceptors (Lipinski definition) is 5. The Balaban J connectivity index is 1.73. The molecule has 2 rings (SSSR count). The number of benzene rings is 1. The lowest BCUT2D eigenvalue weighted by atomic mass is 9.83. The maximum atomic E-state index is 6.22. The van der Waals surface area contributed by atoms with Crippen LogP contribution in [-0.2, 0) is 9.57 Å². The fraction of sp³-hybridized carbons (Fsp3) is 0.609. The van der Waals surface area contributed by atoms with Crippen LogP contribution in [0.4, 0.5) is 0 Å². The van der Waals surface area contributed by atoms with E-state index >= 15 is 0 Å². The van der Waals surface area contributed by atoms with Gasteiger partial charge >= 0.3 is 0 Å². The first-order valence-corrected chi connectivity index (χ1v) is 10.2. The second-order valence-electron chi connectivity index (χ2n) is 7.47. The number of hydrogen-bond donors (Lipinski definition) is 0. The predicted octanol–water partition coefficient (Wildman–Crippen LogP) is 5.09. The first-order chi connectivity index (χ1) is 13.6. The third kappa shape index (κ3) is 7.55. The summed E-state index contributed by atoms with van der Waals surface area (Å²) in [5.74, 6) is 3.16. The highest BCUT2D eigenvalue weighted by Crippen LogP contribution is 2.32. The summed E-state index contributed by atoms with van der Waals surface area (Å²) in [4.78, 5) is 4.62. The van der Waals surface area contributed by atoms with E-state index in [0.29, 0.717) is 25.0 Å². The summed E-state index contributed by atoms with van der Waals surface area (Å²) in [5.41, 5.74) is 2.27. The van der Waals surface area contributed by atoms with Gasteiger partial charge in [-0.2, -0.15) is 0 Å².